The lowest BCUT2D eigenvalue weighted by molar-refractivity contribution is 0.0542. The molecule has 0 aliphatic heterocycles. The Morgan fingerprint density at radius 3 is 3.00 bits per heavy atom. The van der Waals surface area contributed by atoms with E-state index in [1.165, 1.54) is 4.88 Å². The van der Waals surface area contributed by atoms with Gasteiger partial charge in [-0.15, -0.1) is 11.3 Å². The quantitative estimate of drug-likeness (QED) is 0.680. The van der Waals surface area contributed by atoms with Gasteiger partial charge < -0.3 is 9.72 Å². The third kappa shape index (κ3) is 3.01. The summed E-state index contributed by atoms with van der Waals surface area (Å²) >= 11 is 1.67. The van der Waals surface area contributed by atoms with Crippen molar-refractivity contribution in [3.63, 3.8) is 0 Å². The zero-order valence-corrected chi connectivity index (χ0v) is 14.0. The van der Waals surface area contributed by atoms with Crippen LogP contribution in [-0.4, -0.2) is 23.3 Å². The summed E-state index contributed by atoms with van der Waals surface area (Å²) in [6.45, 7) is 3.92. The molecule has 0 radical (unpaired) electrons. The molecule has 0 saturated heterocycles. The highest BCUT2D eigenvalue weighted by Crippen LogP contribution is 2.36. The first-order chi connectivity index (χ1) is 11.1. The van der Waals surface area contributed by atoms with Crippen molar-refractivity contribution in [1.29, 1.82) is 0 Å². The predicted octanol–water partition coefficient (Wildman–Crippen LogP) is 4.03. The summed E-state index contributed by atoms with van der Waals surface area (Å²) in [4.78, 5) is 29.1. The van der Waals surface area contributed by atoms with Gasteiger partial charge in [0.05, 0.1) is 0 Å². The Hall–Kier alpha value is -2.14. The average molecular weight is 329 g/mol. The fourth-order valence-corrected chi connectivity index (χ4v) is 3.88. The smallest absolute Gasteiger partial charge is 0.355 e. The SMILES string of the molecule is CC=CCOC(=O)c1[nH]c2c(c1C)C(=O)CC(c1cccs1)C2. The van der Waals surface area contributed by atoms with Crippen molar-refractivity contribution in [2.75, 3.05) is 6.61 Å². The molecule has 1 atom stereocenters. The van der Waals surface area contributed by atoms with Gasteiger partial charge in [-0.3, -0.25) is 4.79 Å². The second-order valence-corrected chi connectivity index (χ2v) is 6.67. The summed E-state index contributed by atoms with van der Waals surface area (Å²) in [5.74, 6) is -0.110. The van der Waals surface area contributed by atoms with Crippen LogP contribution in [-0.2, 0) is 11.2 Å². The summed E-state index contributed by atoms with van der Waals surface area (Å²) in [5.41, 5.74) is 2.64. The number of allylic oxidation sites excluding steroid dienone is 1. The van der Waals surface area contributed by atoms with E-state index in [1.54, 1.807) is 17.4 Å². The largest absolute Gasteiger partial charge is 0.457 e. The number of nitrogens with one attached hydrogen (secondary N) is 1. The van der Waals surface area contributed by atoms with Crippen molar-refractivity contribution in [3.05, 3.63) is 57.1 Å². The fraction of sp³-hybridized carbons (Fsp3) is 0.333. The van der Waals surface area contributed by atoms with E-state index < -0.39 is 5.97 Å². The van der Waals surface area contributed by atoms with Gasteiger partial charge in [-0.25, -0.2) is 4.79 Å². The standard InChI is InChI=1S/C18H19NO3S/c1-3-4-7-22-18(21)17-11(2)16-13(19-17)9-12(10-14(16)20)15-6-5-8-23-15/h3-6,8,12,19H,7,9-10H2,1-2H3. The Morgan fingerprint density at radius 1 is 1.48 bits per heavy atom. The normalized spacial score (nSPS) is 17.5. The first-order valence-electron chi connectivity index (χ1n) is 7.68. The van der Waals surface area contributed by atoms with Crippen LogP contribution in [0, 0.1) is 6.92 Å². The molecule has 0 bridgehead atoms. The van der Waals surface area contributed by atoms with E-state index >= 15 is 0 Å². The van der Waals surface area contributed by atoms with Crippen LogP contribution in [0.15, 0.2) is 29.7 Å². The van der Waals surface area contributed by atoms with E-state index in [0.29, 0.717) is 23.2 Å². The molecule has 0 aromatic carbocycles. The third-order valence-electron chi connectivity index (χ3n) is 4.18. The van der Waals surface area contributed by atoms with E-state index in [9.17, 15) is 9.59 Å². The molecule has 2 aromatic rings. The minimum Gasteiger partial charge on any atom is -0.457 e. The number of ether oxygens (including phenoxy) is 1. The average Bonchev–Trinajstić information content (AvgIpc) is 3.15. The number of carbonyl (C=O) groups excluding carboxylic acids is 2. The summed E-state index contributed by atoms with van der Waals surface area (Å²) in [6, 6.07) is 4.07. The Morgan fingerprint density at radius 2 is 2.30 bits per heavy atom. The number of ketones is 1. The van der Waals surface area contributed by atoms with Gasteiger partial charge in [0.15, 0.2) is 5.78 Å². The van der Waals surface area contributed by atoms with E-state index in [2.05, 4.69) is 11.1 Å². The molecule has 0 spiro atoms. The number of carbonyl (C=O) groups is 2. The molecule has 1 unspecified atom stereocenters. The molecule has 0 saturated carbocycles. The van der Waals surface area contributed by atoms with Gasteiger partial charge in [-0.05, 0) is 37.3 Å². The van der Waals surface area contributed by atoms with Crippen molar-refractivity contribution in [2.45, 2.75) is 32.6 Å². The topological polar surface area (TPSA) is 59.2 Å². The summed E-state index contributed by atoms with van der Waals surface area (Å²) in [6.07, 6.45) is 4.85. The lowest BCUT2D eigenvalue weighted by Gasteiger charge is -2.20. The molecule has 5 heteroatoms. The zero-order valence-electron chi connectivity index (χ0n) is 13.2. The minimum absolute atomic E-state index is 0.103. The number of aromatic nitrogens is 1. The van der Waals surface area contributed by atoms with Gasteiger partial charge in [0.2, 0.25) is 0 Å². The molecule has 0 amide bonds. The number of aromatic amines is 1. The van der Waals surface area contributed by atoms with Crippen LogP contribution >= 0.6 is 11.3 Å². The van der Waals surface area contributed by atoms with Crippen LogP contribution in [0.5, 0.6) is 0 Å². The highest BCUT2D eigenvalue weighted by Gasteiger charge is 2.32. The first kappa shape index (κ1) is 15.7. The predicted molar refractivity (Wildman–Crippen MR) is 90.3 cm³/mol. The van der Waals surface area contributed by atoms with Crippen LogP contribution < -0.4 is 0 Å². The van der Waals surface area contributed by atoms with Gasteiger partial charge >= 0.3 is 5.97 Å². The maximum Gasteiger partial charge on any atom is 0.355 e. The number of Topliss-reactive ketones (excluding diaryl/α,β-unsaturated/α-hetero) is 1. The number of fused-ring (bicyclic) bond motifs is 1. The number of esters is 1. The highest BCUT2D eigenvalue weighted by atomic mass is 32.1. The maximum atomic E-state index is 12.5. The highest BCUT2D eigenvalue weighted by molar-refractivity contribution is 7.10. The molecule has 1 aliphatic rings. The Bertz CT molecular complexity index is 756. The molecule has 0 fully saturated rings. The van der Waals surface area contributed by atoms with Gasteiger partial charge in [0.1, 0.15) is 12.3 Å². The number of hydrogen-bond acceptors (Lipinski definition) is 4. The van der Waals surface area contributed by atoms with Crippen LogP contribution in [0.3, 0.4) is 0 Å². The van der Waals surface area contributed by atoms with Crippen molar-refractivity contribution in [2.24, 2.45) is 0 Å². The molecule has 4 nitrogen and oxygen atoms in total. The van der Waals surface area contributed by atoms with Gasteiger partial charge in [0, 0.05) is 28.5 Å². The van der Waals surface area contributed by atoms with E-state index in [4.69, 9.17) is 4.74 Å². The lowest BCUT2D eigenvalue weighted by Crippen LogP contribution is -2.17. The Kier molecular flexibility index (Phi) is 4.48. The Labute approximate surface area is 139 Å². The molecule has 120 valence electrons. The van der Waals surface area contributed by atoms with Gasteiger partial charge in [0.25, 0.3) is 0 Å². The summed E-state index contributed by atoms with van der Waals surface area (Å²) < 4.78 is 5.20. The maximum absolute atomic E-state index is 12.5. The summed E-state index contributed by atoms with van der Waals surface area (Å²) in [5, 5.41) is 2.03. The van der Waals surface area contributed by atoms with Gasteiger partial charge in [-0.2, -0.15) is 0 Å². The number of rotatable bonds is 4. The van der Waals surface area contributed by atoms with Crippen molar-refractivity contribution < 1.29 is 14.3 Å². The third-order valence-corrected chi connectivity index (χ3v) is 5.22. The molecule has 1 N–H and O–H groups in total. The zero-order chi connectivity index (χ0) is 16.4. The lowest BCUT2D eigenvalue weighted by atomic mass is 9.84. The van der Waals surface area contributed by atoms with Crippen molar-refractivity contribution in [3.8, 4) is 0 Å². The fourth-order valence-electron chi connectivity index (χ4n) is 3.05. The van der Waals surface area contributed by atoms with Crippen LogP contribution in [0.25, 0.3) is 0 Å². The monoisotopic (exact) mass is 329 g/mol. The van der Waals surface area contributed by atoms with E-state index in [-0.39, 0.29) is 18.3 Å². The van der Waals surface area contributed by atoms with Crippen LogP contribution in [0.1, 0.15) is 56.2 Å². The molecule has 2 heterocycles. The number of H-pyrrole nitrogens is 1. The minimum atomic E-state index is -0.407. The second-order valence-electron chi connectivity index (χ2n) is 5.69. The molecule has 23 heavy (non-hydrogen) atoms. The molecule has 3 rings (SSSR count). The summed E-state index contributed by atoms with van der Waals surface area (Å²) in [7, 11) is 0. The molecular formula is C18H19NO3S. The van der Waals surface area contributed by atoms with Crippen molar-refractivity contribution in [1.82, 2.24) is 4.98 Å². The van der Waals surface area contributed by atoms with E-state index in [0.717, 1.165) is 12.1 Å². The van der Waals surface area contributed by atoms with Crippen LogP contribution in [0.2, 0.25) is 0 Å². The first-order valence-corrected chi connectivity index (χ1v) is 8.56. The number of thiophene rings is 1. The molecule has 2 aromatic heterocycles. The van der Waals surface area contributed by atoms with E-state index in [1.807, 2.05) is 31.4 Å². The van der Waals surface area contributed by atoms with Crippen LogP contribution in [0.4, 0.5) is 0 Å². The molecular weight excluding hydrogens is 310 g/mol. The molecule has 1 aliphatic carbocycles. The number of hydrogen-bond donors (Lipinski definition) is 1. The van der Waals surface area contributed by atoms with Gasteiger partial charge in [-0.1, -0.05) is 18.2 Å². The Balaban J connectivity index is 1.87. The second kappa shape index (κ2) is 6.54. The van der Waals surface area contributed by atoms with Crippen molar-refractivity contribution >= 4 is 23.1 Å².